The minimum atomic E-state index is -1.36. The first-order chi connectivity index (χ1) is 7.41. The third kappa shape index (κ3) is 2.91. The molecule has 1 aromatic carbocycles. The van der Waals surface area contributed by atoms with E-state index in [2.05, 4.69) is 0 Å². The maximum absolute atomic E-state index is 12.8. The summed E-state index contributed by atoms with van der Waals surface area (Å²) < 4.78 is 12.8. The molecule has 1 amide bonds. The molecule has 0 aliphatic heterocycles. The highest BCUT2D eigenvalue weighted by atomic mass is 19.1. The van der Waals surface area contributed by atoms with Crippen molar-refractivity contribution < 1.29 is 24.6 Å². The fourth-order valence-electron chi connectivity index (χ4n) is 1.20. The van der Waals surface area contributed by atoms with Gasteiger partial charge in [0.05, 0.1) is 12.5 Å². The molecule has 0 aliphatic rings. The van der Waals surface area contributed by atoms with E-state index in [1.54, 1.807) is 0 Å². The molecule has 0 saturated heterocycles. The number of hydroxylamine groups is 2. The van der Waals surface area contributed by atoms with Crippen LogP contribution in [-0.4, -0.2) is 33.4 Å². The molecule has 0 fully saturated rings. The Kier molecular flexibility index (Phi) is 3.81. The molecule has 0 heterocycles. The molecule has 0 aliphatic carbocycles. The first-order valence-electron chi connectivity index (χ1n) is 4.53. The van der Waals surface area contributed by atoms with E-state index in [1.165, 1.54) is 0 Å². The predicted molar refractivity (Wildman–Crippen MR) is 52.2 cm³/mol. The van der Waals surface area contributed by atoms with Crippen LogP contribution in [0.3, 0.4) is 0 Å². The topological polar surface area (TPSA) is 81.0 Å². The highest BCUT2D eigenvalue weighted by molar-refractivity contribution is 5.75. The van der Waals surface area contributed by atoms with E-state index in [1.807, 2.05) is 0 Å². The number of aliphatic hydroxyl groups excluding tert-OH is 1. The van der Waals surface area contributed by atoms with Crippen molar-refractivity contribution in [1.29, 1.82) is 0 Å². The highest BCUT2D eigenvalue weighted by Gasteiger charge is 2.18. The quantitative estimate of drug-likeness (QED) is 0.529. The van der Waals surface area contributed by atoms with Crippen molar-refractivity contribution in [3.63, 3.8) is 0 Å². The number of halogens is 1. The van der Waals surface area contributed by atoms with E-state index in [0.29, 0.717) is 5.06 Å². The Morgan fingerprint density at radius 3 is 2.75 bits per heavy atom. The van der Waals surface area contributed by atoms with Crippen molar-refractivity contribution in [1.82, 2.24) is 5.06 Å². The smallest absolute Gasteiger partial charge is 0.248 e. The molecule has 1 atom stereocenters. The number of phenols is 1. The van der Waals surface area contributed by atoms with Gasteiger partial charge in [0.15, 0.2) is 0 Å². The lowest BCUT2D eigenvalue weighted by molar-refractivity contribution is -0.161. The van der Waals surface area contributed by atoms with E-state index in [-0.39, 0.29) is 11.3 Å². The maximum atomic E-state index is 12.8. The molecule has 3 N–H and O–H groups in total. The van der Waals surface area contributed by atoms with Crippen LogP contribution in [0.15, 0.2) is 18.2 Å². The molecular formula is C10H12FNO4. The Labute approximate surface area is 91.3 Å². The number of amides is 1. The number of hydrogen-bond acceptors (Lipinski definition) is 4. The van der Waals surface area contributed by atoms with Crippen LogP contribution in [0, 0.1) is 5.82 Å². The van der Waals surface area contributed by atoms with E-state index in [9.17, 15) is 19.4 Å². The summed E-state index contributed by atoms with van der Waals surface area (Å²) in [4.78, 5) is 11.1. The second kappa shape index (κ2) is 4.91. The number of aliphatic hydroxyl groups is 1. The predicted octanol–water partition coefficient (Wildman–Crippen LogP) is 0.802. The van der Waals surface area contributed by atoms with Gasteiger partial charge in [-0.05, 0) is 18.2 Å². The molecule has 0 aromatic heterocycles. The van der Waals surface area contributed by atoms with Crippen molar-refractivity contribution in [2.75, 3.05) is 7.05 Å². The molecule has 1 rings (SSSR count). The Bertz CT molecular complexity index is 394. The third-order valence-electron chi connectivity index (χ3n) is 2.08. The van der Waals surface area contributed by atoms with Gasteiger partial charge in [-0.25, -0.2) is 9.45 Å². The lowest BCUT2D eigenvalue weighted by atomic mass is 10.0. The van der Waals surface area contributed by atoms with Crippen LogP contribution in [0.4, 0.5) is 4.39 Å². The highest BCUT2D eigenvalue weighted by Crippen LogP contribution is 2.27. The summed E-state index contributed by atoms with van der Waals surface area (Å²) >= 11 is 0. The molecule has 88 valence electrons. The van der Waals surface area contributed by atoms with Gasteiger partial charge in [0, 0.05) is 12.6 Å². The average molecular weight is 229 g/mol. The molecular weight excluding hydrogens is 217 g/mol. The van der Waals surface area contributed by atoms with Gasteiger partial charge < -0.3 is 10.2 Å². The summed E-state index contributed by atoms with van der Waals surface area (Å²) in [7, 11) is 1.11. The van der Waals surface area contributed by atoms with Crippen molar-refractivity contribution >= 4 is 5.91 Å². The largest absolute Gasteiger partial charge is 0.508 e. The summed E-state index contributed by atoms with van der Waals surface area (Å²) in [6.45, 7) is 0. The number of benzene rings is 1. The number of hydrogen-bond donors (Lipinski definition) is 3. The molecule has 1 unspecified atom stereocenters. The Morgan fingerprint density at radius 2 is 2.19 bits per heavy atom. The van der Waals surface area contributed by atoms with E-state index in [0.717, 1.165) is 25.2 Å². The van der Waals surface area contributed by atoms with Crippen LogP contribution >= 0.6 is 0 Å². The summed E-state index contributed by atoms with van der Waals surface area (Å²) in [5.74, 6) is -1.67. The number of carbonyl (C=O) groups is 1. The fraction of sp³-hybridized carbons (Fsp3) is 0.300. The van der Waals surface area contributed by atoms with Gasteiger partial charge in [-0.1, -0.05) is 0 Å². The van der Waals surface area contributed by atoms with Crippen LogP contribution in [-0.2, 0) is 4.79 Å². The summed E-state index contributed by atoms with van der Waals surface area (Å²) in [5, 5.41) is 28.0. The van der Waals surface area contributed by atoms with Crippen LogP contribution in [0.2, 0.25) is 0 Å². The van der Waals surface area contributed by atoms with Gasteiger partial charge in [0.2, 0.25) is 5.91 Å². The first kappa shape index (κ1) is 12.4. The van der Waals surface area contributed by atoms with Crippen molar-refractivity contribution in [2.24, 2.45) is 0 Å². The Hall–Kier alpha value is -1.66. The van der Waals surface area contributed by atoms with Gasteiger partial charge in [0.1, 0.15) is 11.6 Å². The monoisotopic (exact) mass is 229 g/mol. The molecule has 16 heavy (non-hydrogen) atoms. The molecule has 5 nitrogen and oxygen atoms in total. The molecule has 1 aromatic rings. The second-order valence-electron chi connectivity index (χ2n) is 3.34. The molecule has 6 heteroatoms. The van der Waals surface area contributed by atoms with E-state index in [4.69, 9.17) is 5.21 Å². The number of phenolic OH excluding ortho intramolecular Hbond substituents is 1. The zero-order chi connectivity index (χ0) is 12.3. The lowest BCUT2D eigenvalue weighted by Gasteiger charge is -2.14. The molecule has 0 bridgehead atoms. The van der Waals surface area contributed by atoms with Crippen molar-refractivity contribution in [2.45, 2.75) is 12.5 Å². The summed E-state index contributed by atoms with van der Waals surface area (Å²) in [5.41, 5.74) is -0.0878. The van der Waals surface area contributed by atoms with Crippen LogP contribution in [0.1, 0.15) is 18.1 Å². The number of rotatable bonds is 3. The van der Waals surface area contributed by atoms with Gasteiger partial charge >= 0.3 is 0 Å². The molecule has 0 saturated carbocycles. The Balaban J connectivity index is 2.84. The minimum Gasteiger partial charge on any atom is -0.508 e. The molecule has 0 spiro atoms. The Morgan fingerprint density at radius 1 is 1.56 bits per heavy atom. The number of aromatic hydroxyl groups is 1. The minimum absolute atomic E-state index is 0.0878. The number of carbonyl (C=O) groups excluding carboxylic acids is 1. The maximum Gasteiger partial charge on any atom is 0.248 e. The zero-order valence-electron chi connectivity index (χ0n) is 8.59. The van der Waals surface area contributed by atoms with E-state index >= 15 is 0 Å². The van der Waals surface area contributed by atoms with Gasteiger partial charge in [-0.15, -0.1) is 0 Å². The van der Waals surface area contributed by atoms with Crippen molar-refractivity contribution in [3.8, 4) is 5.75 Å². The SMILES string of the molecule is CN(O)C(=O)CC(O)c1cc(F)ccc1O. The first-order valence-corrected chi connectivity index (χ1v) is 4.53. The van der Waals surface area contributed by atoms with Gasteiger partial charge in [-0.3, -0.25) is 10.0 Å². The normalized spacial score (nSPS) is 12.2. The fourth-order valence-corrected chi connectivity index (χ4v) is 1.20. The van der Waals surface area contributed by atoms with Gasteiger partial charge in [-0.2, -0.15) is 0 Å². The lowest BCUT2D eigenvalue weighted by Crippen LogP contribution is -2.24. The summed E-state index contributed by atoms with van der Waals surface area (Å²) in [6.07, 6.45) is -1.80. The van der Waals surface area contributed by atoms with Crippen LogP contribution in [0.25, 0.3) is 0 Å². The van der Waals surface area contributed by atoms with Crippen molar-refractivity contribution in [3.05, 3.63) is 29.6 Å². The number of nitrogens with zero attached hydrogens (tertiary/aromatic N) is 1. The zero-order valence-corrected chi connectivity index (χ0v) is 8.59. The van der Waals surface area contributed by atoms with Gasteiger partial charge in [0.25, 0.3) is 0 Å². The average Bonchev–Trinajstić information content (AvgIpc) is 2.21. The second-order valence-corrected chi connectivity index (χ2v) is 3.34. The molecule has 0 radical (unpaired) electrons. The summed E-state index contributed by atoms with van der Waals surface area (Å²) in [6, 6.07) is 3.05. The van der Waals surface area contributed by atoms with E-state index < -0.39 is 24.2 Å². The standard InChI is InChI=1S/C10H12FNO4/c1-12(16)10(15)5-9(14)7-4-6(11)2-3-8(7)13/h2-4,9,13-14,16H,5H2,1H3. The van der Waals surface area contributed by atoms with Crippen LogP contribution in [0.5, 0.6) is 5.75 Å². The van der Waals surface area contributed by atoms with Crippen LogP contribution < -0.4 is 0 Å². The third-order valence-corrected chi connectivity index (χ3v) is 2.08.